The van der Waals surface area contributed by atoms with E-state index in [4.69, 9.17) is 9.73 Å². The molecule has 6 heteroatoms. The molecule has 2 N–H and O–H groups in total. The number of aliphatic imine (C=N–C) groups is 1. The van der Waals surface area contributed by atoms with E-state index in [0.29, 0.717) is 6.54 Å². The summed E-state index contributed by atoms with van der Waals surface area (Å²) in [5, 5.41) is 6.77. The van der Waals surface area contributed by atoms with Crippen LogP contribution in [0.1, 0.15) is 32.3 Å². The summed E-state index contributed by atoms with van der Waals surface area (Å²) in [5.74, 6) is 3.32. The van der Waals surface area contributed by atoms with E-state index in [-0.39, 0.29) is 5.60 Å². The maximum absolute atomic E-state index is 5.85. The Labute approximate surface area is 162 Å². The molecule has 2 aliphatic rings. The van der Waals surface area contributed by atoms with Crippen molar-refractivity contribution < 1.29 is 4.74 Å². The molecule has 1 unspecified atom stereocenters. The van der Waals surface area contributed by atoms with Crippen LogP contribution in [0.15, 0.2) is 29.3 Å². The van der Waals surface area contributed by atoms with Crippen LogP contribution in [-0.2, 0) is 11.3 Å². The lowest BCUT2D eigenvalue weighted by Crippen LogP contribution is -2.45. The molecule has 1 aromatic carbocycles. The predicted molar refractivity (Wildman–Crippen MR) is 112 cm³/mol. The third-order valence-electron chi connectivity index (χ3n) is 5.01. The average molecular weight is 377 g/mol. The number of anilines is 1. The Morgan fingerprint density at radius 2 is 2.00 bits per heavy atom. The smallest absolute Gasteiger partial charge is 0.191 e. The van der Waals surface area contributed by atoms with E-state index >= 15 is 0 Å². The summed E-state index contributed by atoms with van der Waals surface area (Å²) in [4.78, 5) is 7.21. The van der Waals surface area contributed by atoms with Crippen molar-refractivity contribution in [3.8, 4) is 0 Å². The van der Waals surface area contributed by atoms with Gasteiger partial charge in [-0.25, -0.2) is 4.99 Å². The lowest BCUT2D eigenvalue weighted by Gasteiger charge is -2.28. The molecule has 2 fully saturated rings. The SMILES string of the molecule is CCNC(=NCc1ccc(N2CCSCC2)cc1)NCC1(C)CCCO1. The highest BCUT2D eigenvalue weighted by Crippen LogP contribution is 2.24. The van der Waals surface area contributed by atoms with Crippen molar-refractivity contribution in [1.82, 2.24) is 10.6 Å². The molecular weight excluding hydrogens is 344 g/mol. The third-order valence-corrected chi connectivity index (χ3v) is 5.95. The van der Waals surface area contributed by atoms with E-state index in [9.17, 15) is 0 Å². The lowest BCUT2D eigenvalue weighted by molar-refractivity contribution is 0.0243. The summed E-state index contributed by atoms with van der Waals surface area (Å²) in [7, 11) is 0. The molecule has 0 radical (unpaired) electrons. The van der Waals surface area contributed by atoms with Crippen LogP contribution < -0.4 is 15.5 Å². The molecule has 26 heavy (non-hydrogen) atoms. The van der Waals surface area contributed by atoms with E-state index in [0.717, 1.165) is 51.6 Å². The Morgan fingerprint density at radius 3 is 2.65 bits per heavy atom. The van der Waals surface area contributed by atoms with Crippen LogP contribution >= 0.6 is 11.8 Å². The Hall–Kier alpha value is -1.40. The second-order valence-electron chi connectivity index (χ2n) is 7.22. The fourth-order valence-corrected chi connectivity index (χ4v) is 4.30. The Kier molecular flexibility index (Phi) is 7.08. The first-order chi connectivity index (χ1) is 12.7. The summed E-state index contributed by atoms with van der Waals surface area (Å²) in [6, 6.07) is 8.86. The average Bonchev–Trinajstić information content (AvgIpc) is 3.12. The standard InChI is InChI=1S/C20H32N4OS/c1-3-21-19(23-16-20(2)9-4-12-25-20)22-15-17-5-7-18(8-6-17)24-10-13-26-14-11-24/h5-8H,3-4,9-16H2,1-2H3,(H2,21,22,23). The summed E-state index contributed by atoms with van der Waals surface area (Å²) in [6.07, 6.45) is 2.25. The largest absolute Gasteiger partial charge is 0.373 e. The van der Waals surface area contributed by atoms with Crippen LogP contribution in [0.3, 0.4) is 0 Å². The molecule has 0 aliphatic carbocycles. The molecule has 1 aromatic rings. The first kappa shape index (κ1) is 19.4. The molecule has 1 atom stereocenters. The molecule has 0 bridgehead atoms. The van der Waals surface area contributed by atoms with Gasteiger partial charge in [0.1, 0.15) is 0 Å². The molecule has 0 saturated carbocycles. The lowest BCUT2D eigenvalue weighted by atomic mass is 10.0. The third kappa shape index (κ3) is 5.55. The Balaban J connectivity index is 1.54. The Bertz CT molecular complexity index is 578. The maximum atomic E-state index is 5.85. The maximum Gasteiger partial charge on any atom is 0.191 e. The van der Waals surface area contributed by atoms with Crippen molar-refractivity contribution >= 4 is 23.4 Å². The normalized spacial score (nSPS) is 23.9. The van der Waals surface area contributed by atoms with Gasteiger partial charge < -0.3 is 20.3 Å². The second kappa shape index (κ2) is 9.51. The van der Waals surface area contributed by atoms with Gasteiger partial charge >= 0.3 is 0 Å². The summed E-state index contributed by atoms with van der Waals surface area (Å²) in [5.41, 5.74) is 2.50. The van der Waals surface area contributed by atoms with Gasteiger partial charge in [-0.1, -0.05) is 12.1 Å². The number of rotatable bonds is 6. The summed E-state index contributed by atoms with van der Waals surface area (Å²) >= 11 is 2.04. The molecule has 0 aromatic heterocycles. The number of nitrogens with one attached hydrogen (secondary N) is 2. The fourth-order valence-electron chi connectivity index (χ4n) is 3.39. The number of ether oxygens (including phenoxy) is 1. The predicted octanol–water partition coefficient (Wildman–Crippen LogP) is 2.86. The van der Waals surface area contributed by atoms with Crippen LogP contribution in [0.25, 0.3) is 0 Å². The fraction of sp³-hybridized carbons (Fsp3) is 0.650. The van der Waals surface area contributed by atoms with E-state index in [1.54, 1.807) is 0 Å². The van der Waals surface area contributed by atoms with Crippen molar-refractivity contribution in [1.29, 1.82) is 0 Å². The summed E-state index contributed by atoms with van der Waals surface area (Å²) in [6.45, 7) is 9.77. The molecule has 3 rings (SSSR count). The van der Waals surface area contributed by atoms with Crippen molar-refractivity contribution in [2.75, 3.05) is 49.2 Å². The van der Waals surface area contributed by atoms with E-state index in [2.05, 4.69) is 53.6 Å². The minimum Gasteiger partial charge on any atom is -0.373 e. The molecule has 5 nitrogen and oxygen atoms in total. The van der Waals surface area contributed by atoms with E-state index < -0.39 is 0 Å². The topological polar surface area (TPSA) is 48.9 Å². The van der Waals surface area contributed by atoms with Crippen LogP contribution in [0, 0.1) is 0 Å². The van der Waals surface area contributed by atoms with Gasteiger partial charge in [-0.2, -0.15) is 11.8 Å². The number of thioether (sulfide) groups is 1. The zero-order chi connectivity index (χ0) is 18.2. The van der Waals surface area contributed by atoms with Gasteiger partial charge in [-0.05, 0) is 44.4 Å². The number of guanidine groups is 1. The first-order valence-electron chi connectivity index (χ1n) is 9.76. The van der Waals surface area contributed by atoms with Gasteiger partial charge in [-0.3, -0.25) is 0 Å². The molecule has 0 spiro atoms. The van der Waals surface area contributed by atoms with Crippen LogP contribution in [0.5, 0.6) is 0 Å². The van der Waals surface area contributed by atoms with Crippen LogP contribution in [0.2, 0.25) is 0 Å². The Morgan fingerprint density at radius 1 is 1.23 bits per heavy atom. The van der Waals surface area contributed by atoms with Gasteiger partial charge in [0.05, 0.1) is 12.1 Å². The highest BCUT2D eigenvalue weighted by molar-refractivity contribution is 7.99. The van der Waals surface area contributed by atoms with Gasteiger partial charge in [0.15, 0.2) is 5.96 Å². The highest BCUT2D eigenvalue weighted by Gasteiger charge is 2.29. The summed E-state index contributed by atoms with van der Waals surface area (Å²) < 4.78 is 5.85. The first-order valence-corrected chi connectivity index (χ1v) is 10.9. The minimum atomic E-state index is -0.0649. The van der Waals surface area contributed by atoms with Crippen molar-refractivity contribution in [2.24, 2.45) is 4.99 Å². The van der Waals surface area contributed by atoms with Gasteiger partial charge in [0, 0.05) is 50.0 Å². The second-order valence-corrected chi connectivity index (χ2v) is 8.44. The van der Waals surface area contributed by atoms with E-state index in [1.807, 2.05) is 11.8 Å². The zero-order valence-corrected chi connectivity index (χ0v) is 16.9. The number of benzene rings is 1. The molecule has 2 aliphatic heterocycles. The molecular formula is C20H32N4OS. The van der Waals surface area contributed by atoms with Crippen molar-refractivity contribution in [2.45, 2.75) is 38.8 Å². The minimum absolute atomic E-state index is 0.0649. The zero-order valence-electron chi connectivity index (χ0n) is 16.1. The number of hydrogen-bond donors (Lipinski definition) is 2. The monoisotopic (exact) mass is 376 g/mol. The number of nitrogens with zero attached hydrogens (tertiary/aromatic N) is 2. The quantitative estimate of drug-likeness (QED) is 0.591. The number of hydrogen-bond acceptors (Lipinski definition) is 4. The van der Waals surface area contributed by atoms with Crippen LogP contribution in [0.4, 0.5) is 5.69 Å². The highest BCUT2D eigenvalue weighted by atomic mass is 32.2. The molecule has 144 valence electrons. The molecule has 0 amide bonds. The van der Waals surface area contributed by atoms with Crippen LogP contribution in [-0.4, -0.2) is 55.9 Å². The van der Waals surface area contributed by atoms with Gasteiger partial charge in [0.2, 0.25) is 0 Å². The van der Waals surface area contributed by atoms with E-state index in [1.165, 1.54) is 22.8 Å². The van der Waals surface area contributed by atoms with Crippen molar-refractivity contribution in [3.63, 3.8) is 0 Å². The van der Waals surface area contributed by atoms with Gasteiger partial charge in [0.25, 0.3) is 0 Å². The molecule has 2 saturated heterocycles. The molecule has 2 heterocycles. The van der Waals surface area contributed by atoms with Gasteiger partial charge in [-0.15, -0.1) is 0 Å². The van der Waals surface area contributed by atoms with Crippen molar-refractivity contribution in [3.05, 3.63) is 29.8 Å².